The van der Waals surface area contributed by atoms with Gasteiger partial charge in [-0.1, -0.05) is 6.07 Å². The van der Waals surface area contributed by atoms with Crippen molar-refractivity contribution in [1.29, 1.82) is 0 Å². The van der Waals surface area contributed by atoms with Crippen LogP contribution >= 0.6 is 0 Å². The Kier molecular flexibility index (Phi) is 2.33. The number of fused-ring (bicyclic) bond motifs is 1. The fourth-order valence-corrected chi connectivity index (χ4v) is 2.27. The van der Waals surface area contributed by atoms with Crippen molar-refractivity contribution in [2.75, 3.05) is 5.73 Å². The van der Waals surface area contributed by atoms with E-state index in [1.165, 1.54) is 5.56 Å². The van der Waals surface area contributed by atoms with Crippen LogP contribution in [0.3, 0.4) is 0 Å². The minimum Gasteiger partial charge on any atom is -0.399 e. The lowest BCUT2D eigenvalue weighted by Gasteiger charge is -2.13. The molecule has 2 aromatic rings. The van der Waals surface area contributed by atoms with E-state index in [1.54, 1.807) is 29.0 Å². The van der Waals surface area contributed by atoms with Crippen molar-refractivity contribution >= 4 is 11.6 Å². The molecule has 0 spiro atoms. The van der Waals surface area contributed by atoms with Gasteiger partial charge in [-0.05, 0) is 23.3 Å². The number of hydrogen-bond donors (Lipinski definition) is 1. The summed E-state index contributed by atoms with van der Waals surface area (Å²) in [4.78, 5) is 14.1. The number of carbonyl (C=O) groups excluding carboxylic acids is 1. The topological polar surface area (TPSA) is 64.2 Å². The summed E-state index contributed by atoms with van der Waals surface area (Å²) >= 11 is 0. The molecule has 1 aromatic carbocycles. The van der Waals surface area contributed by atoms with E-state index in [4.69, 9.17) is 5.73 Å². The molecule has 0 fully saturated rings. The van der Waals surface area contributed by atoms with Gasteiger partial charge in [-0.25, -0.2) is 0 Å². The van der Waals surface area contributed by atoms with Crippen molar-refractivity contribution in [1.82, 2.24) is 14.7 Å². The zero-order valence-corrected chi connectivity index (χ0v) is 10.1. The van der Waals surface area contributed by atoms with Gasteiger partial charge in [0.25, 0.3) is 5.91 Å². The molecule has 0 aliphatic carbocycles. The summed E-state index contributed by atoms with van der Waals surface area (Å²) < 4.78 is 1.63. The molecule has 0 bridgehead atoms. The predicted molar refractivity (Wildman–Crippen MR) is 67.6 cm³/mol. The molecule has 2 heterocycles. The molecule has 3 rings (SSSR count). The zero-order chi connectivity index (χ0) is 12.7. The number of aromatic nitrogens is 2. The SMILES string of the molecule is Cn1cc(C(=O)N2Cc3ccc(N)cc3C2)cn1. The molecule has 0 unspecified atom stereocenters. The lowest BCUT2D eigenvalue weighted by atomic mass is 10.1. The molecule has 1 amide bonds. The van der Waals surface area contributed by atoms with E-state index >= 15 is 0 Å². The van der Waals surface area contributed by atoms with Gasteiger partial charge in [0.2, 0.25) is 0 Å². The van der Waals surface area contributed by atoms with Gasteiger partial charge < -0.3 is 10.6 Å². The summed E-state index contributed by atoms with van der Waals surface area (Å²) in [6.07, 6.45) is 3.33. The number of aryl methyl sites for hydroxylation is 1. The summed E-state index contributed by atoms with van der Waals surface area (Å²) in [5.74, 6) is 0.0119. The summed E-state index contributed by atoms with van der Waals surface area (Å²) in [6, 6.07) is 5.80. The van der Waals surface area contributed by atoms with Crippen molar-refractivity contribution < 1.29 is 4.79 Å². The second-order valence-corrected chi connectivity index (χ2v) is 4.59. The second kappa shape index (κ2) is 3.87. The lowest BCUT2D eigenvalue weighted by molar-refractivity contribution is 0.0751. The van der Waals surface area contributed by atoms with Crippen LogP contribution in [0.1, 0.15) is 21.5 Å². The molecule has 1 aliphatic heterocycles. The molecule has 0 radical (unpaired) electrons. The van der Waals surface area contributed by atoms with Crippen LogP contribution in [0.2, 0.25) is 0 Å². The minimum absolute atomic E-state index is 0.0119. The van der Waals surface area contributed by atoms with Crippen LogP contribution in [-0.4, -0.2) is 20.6 Å². The number of anilines is 1. The quantitative estimate of drug-likeness (QED) is 0.763. The standard InChI is InChI=1S/C13H14N4O/c1-16-6-11(5-15-16)13(18)17-7-9-2-3-12(14)4-10(9)8-17/h2-6H,7-8,14H2,1H3. The third kappa shape index (κ3) is 1.73. The molecule has 2 N–H and O–H groups in total. The van der Waals surface area contributed by atoms with Gasteiger partial charge in [-0.15, -0.1) is 0 Å². The van der Waals surface area contributed by atoms with Crippen LogP contribution in [0.15, 0.2) is 30.6 Å². The van der Waals surface area contributed by atoms with Gasteiger partial charge in [0.15, 0.2) is 0 Å². The number of benzene rings is 1. The largest absolute Gasteiger partial charge is 0.399 e. The Labute approximate surface area is 105 Å². The number of carbonyl (C=O) groups is 1. The summed E-state index contributed by atoms with van der Waals surface area (Å²) in [5, 5.41) is 4.02. The Bertz CT molecular complexity index is 617. The molecular weight excluding hydrogens is 228 g/mol. The molecular formula is C13H14N4O. The van der Waals surface area contributed by atoms with Crippen LogP contribution in [0, 0.1) is 0 Å². The zero-order valence-electron chi connectivity index (χ0n) is 10.1. The van der Waals surface area contributed by atoms with E-state index in [9.17, 15) is 4.79 Å². The highest BCUT2D eigenvalue weighted by atomic mass is 16.2. The van der Waals surface area contributed by atoms with Gasteiger partial charge in [0.1, 0.15) is 0 Å². The van der Waals surface area contributed by atoms with Gasteiger partial charge in [0.05, 0.1) is 11.8 Å². The average Bonchev–Trinajstić information content (AvgIpc) is 2.93. The Morgan fingerprint density at radius 2 is 2.11 bits per heavy atom. The number of amides is 1. The highest BCUT2D eigenvalue weighted by Crippen LogP contribution is 2.25. The third-order valence-corrected chi connectivity index (χ3v) is 3.19. The van der Waals surface area contributed by atoms with Gasteiger partial charge in [0, 0.05) is 32.0 Å². The van der Waals surface area contributed by atoms with E-state index < -0.39 is 0 Å². The molecule has 5 heteroatoms. The van der Waals surface area contributed by atoms with E-state index in [2.05, 4.69) is 5.10 Å². The van der Waals surface area contributed by atoms with Crippen LogP contribution in [0.4, 0.5) is 5.69 Å². The Morgan fingerprint density at radius 3 is 2.83 bits per heavy atom. The lowest BCUT2D eigenvalue weighted by Crippen LogP contribution is -2.24. The monoisotopic (exact) mass is 242 g/mol. The highest BCUT2D eigenvalue weighted by molar-refractivity contribution is 5.94. The van der Waals surface area contributed by atoms with Crippen molar-refractivity contribution in [2.24, 2.45) is 7.05 Å². The third-order valence-electron chi connectivity index (χ3n) is 3.19. The first kappa shape index (κ1) is 10.8. The Hall–Kier alpha value is -2.30. The van der Waals surface area contributed by atoms with Crippen LogP contribution in [-0.2, 0) is 20.1 Å². The normalized spacial score (nSPS) is 13.7. The van der Waals surface area contributed by atoms with Crippen LogP contribution in [0.5, 0.6) is 0 Å². The first-order valence-electron chi connectivity index (χ1n) is 5.78. The summed E-state index contributed by atoms with van der Waals surface area (Å²) in [5.41, 5.74) is 9.41. The Balaban J connectivity index is 1.83. The molecule has 0 atom stereocenters. The van der Waals surface area contributed by atoms with E-state index in [-0.39, 0.29) is 5.91 Å². The summed E-state index contributed by atoms with van der Waals surface area (Å²) in [6.45, 7) is 1.26. The number of nitrogens with two attached hydrogens (primary N) is 1. The van der Waals surface area contributed by atoms with E-state index in [0.29, 0.717) is 18.7 Å². The van der Waals surface area contributed by atoms with Gasteiger partial charge in [-0.3, -0.25) is 9.48 Å². The van der Waals surface area contributed by atoms with E-state index in [1.807, 2.05) is 18.2 Å². The van der Waals surface area contributed by atoms with E-state index in [0.717, 1.165) is 11.3 Å². The highest BCUT2D eigenvalue weighted by Gasteiger charge is 2.24. The van der Waals surface area contributed by atoms with Crippen molar-refractivity contribution in [2.45, 2.75) is 13.1 Å². The fraction of sp³-hybridized carbons (Fsp3) is 0.231. The number of nitrogen functional groups attached to an aromatic ring is 1. The number of hydrogen-bond acceptors (Lipinski definition) is 3. The maximum atomic E-state index is 12.3. The minimum atomic E-state index is 0.0119. The van der Waals surface area contributed by atoms with Crippen LogP contribution < -0.4 is 5.73 Å². The molecule has 1 aliphatic rings. The number of nitrogens with zero attached hydrogens (tertiary/aromatic N) is 3. The average molecular weight is 242 g/mol. The molecule has 1 aromatic heterocycles. The number of rotatable bonds is 1. The maximum absolute atomic E-state index is 12.3. The maximum Gasteiger partial charge on any atom is 0.257 e. The van der Waals surface area contributed by atoms with Crippen molar-refractivity contribution in [3.63, 3.8) is 0 Å². The Morgan fingerprint density at radius 1 is 1.33 bits per heavy atom. The second-order valence-electron chi connectivity index (χ2n) is 4.59. The van der Waals surface area contributed by atoms with Gasteiger partial charge >= 0.3 is 0 Å². The first-order valence-corrected chi connectivity index (χ1v) is 5.78. The molecule has 5 nitrogen and oxygen atoms in total. The molecule has 92 valence electrons. The molecule has 0 saturated heterocycles. The first-order chi connectivity index (χ1) is 8.63. The summed E-state index contributed by atoms with van der Waals surface area (Å²) in [7, 11) is 1.80. The van der Waals surface area contributed by atoms with Gasteiger partial charge in [-0.2, -0.15) is 5.10 Å². The van der Waals surface area contributed by atoms with Crippen molar-refractivity contribution in [3.8, 4) is 0 Å². The predicted octanol–water partition coefficient (Wildman–Crippen LogP) is 1.16. The molecule has 18 heavy (non-hydrogen) atoms. The molecule has 0 saturated carbocycles. The smallest absolute Gasteiger partial charge is 0.257 e. The fourth-order valence-electron chi connectivity index (χ4n) is 2.27. The van der Waals surface area contributed by atoms with Crippen LogP contribution in [0.25, 0.3) is 0 Å². The van der Waals surface area contributed by atoms with Crippen molar-refractivity contribution in [3.05, 3.63) is 47.3 Å².